The molecule has 0 bridgehead atoms. The van der Waals surface area contributed by atoms with Crippen LogP contribution in [0, 0.1) is 6.92 Å². The van der Waals surface area contributed by atoms with Crippen LogP contribution in [0.1, 0.15) is 46.4 Å². The number of hydrogen-bond acceptors (Lipinski definition) is 5. The number of esters is 1. The molecule has 3 heterocycles. The third-order valence-corrected chi connectivity index (χ3v) is 7.97. The number of hydrogen-bond donors (Lipinski definition) is 0. The maximum Gasteiger partial charge on any atom is 0.305 e. The number of ether oxygens (including phenoxy) is 1. The van der Waals surface area contributed by atoms with Gasteiger partial charge in [0.25, 0.3) is 0 Å². The van der Waals surface area contributed by atoms with Crippen molar-refractivity contribution >= 4 is 27.3 Å². The Morgan fingerprint density at radius 1 is 1.03 bits per heavy atom. The molecule has 0 unspecified atom stereocenters. The van der Waals surface area contributed by atoms with Gasteiger partial charge >= 0.3 is 5.97 Å². The molecular weight excluding hydrogens is 428 g/mol. The summed E-state index contributed by atoms with van der Waals surface area (Å²) < 4.78 is 33.7. The number of ketones is 1. The normalized spacial score (nSPS) is 14.7. The number of pyridine rings is 1. The molecule has 4 rings (SSSR count). The molecule has 2 aromatic heterocycles. The summed E-state index contributed by atoms with van der Waals surface area (Å²) in [4.78, 5) is 25.3. The predicted octanol–water partition coefficient (Wildman–Crippen LogP) is 3.37. The summed E-state index contributed by atoms with van der Waals surface area (Å²) in [5, 5.41) is 0. The molecule has 0 N–H and O–H groups in total. The number of nitrogens with zero attached hydrogens (tertiary/aromatic N) is 2. The fourth-order valence-corrected chi connectivity index (χ4v) is 5.83. The summed E-state index contributed by atoms with van der Waals surface area (Å²) in [5.74, 6) is -0.487. The first-order valence-corrected chi connectivity index (χ1v) is 12.1. The zero-order valence-electron chi connectivity index (χ0n) is 18.2. The minimum Gasteiger partial charge on any atom is -0.469 e. The van der Waals surface area contributed by atoms with Crippen LogP contribution in [0.2, 0.25) is 0 Å². The Morgan fingerprint density at radius 3 is 2.38 bits per heavy atom. The highest BCUT2D eigenvalue weighted by atomic mass is 32.2. The number of aromatic nitrogens is 1. The summed E-state index contributed by atoms with van der Waals surface area (Å²) in [6.07, 6.45) is 4.28. The molecule has 168 valence electrons. The minimum atomic E-state index is -3.53. The third kappa shape index (κ3) is 3.96. The van der Waals surface area contributed by atoms with Gasteiger partial charge in [-0.2, -0.15) is 4.31 Å². The first-order chi connectivity index (χ1) is 15.3. The molecule has 1 fully saturated rings. The highest BCUT2D eigenvalue weighted by molar-refractivity contribution is 7.89. The summed E-state index contributed by atoms with van der Waals surface area (Å²) in [6, 6.07) is 11.8. The van der Waals surface area contributed by atoms with Crippen molar-refractivity contribution in [2.24, 2.45) is 0 Å². The van der Waals surface area contributed by atoms with E-state index in [-0.39, 0.29) is 23.1 Å². The maximum absolute atomic E-state index is 13.4. The molecule has 3 aromatic rings. The van der Waals surface area contributed by atoms with Gasteiger partial charge in [-0.05, 0) is 68.1 Å². The molecular formula is C24H26N2O5S. The van der Waals surface area contributed by atoms with Crippen molar-refractivity contribution in [2.75, 3.05) is 20.2 Å². The van der Waals surface area contributed by atoms with Crippen LogP contribution < -0.4 is 0 Å². The molecule has 32 heavy (non-hydrogen) atoms. The fraction of sp³-hybridized carbons (Fsp3) is 0.333. The van der Waals surface area contributed by atoms with Gasteiger partial charge in [0.05, 0.1) is 29.5 Å². The summed E-state index contributed by atoms with van der Waals surface area (Å²) in [6.45, 7) is 2.94. The standard InChI is InChI=1S/C24H26N2O5S/c1-17-20(12-13-22(27)31-2)26-16-4-3-7-21(26)23(17)24(28)18-8-10-19(11-9-18)32(29,30)25-14-5-6-15-25/h3-4,7-11,16H,5-6,12-15H2,1-2H3. The first kappa shape index (κ1) is 22.2. The molecule has 1 aliphatic heterocycles. The summed E-state index contributed by atoms with van der Waals surface area (Å²) in [5.41, 5.74) is 3.41. The van der Waals surface area contributed by atoms with E-state index >= 15 is 0 Å². The SMILES string of the molecule is COC(=O)CCc1c(C)c(C(=O)c2ccc(S(=O)(=O)N3CCCC3)cc2)c2ccccn12. The molecule has 1 aliphatic rings. The Bertz CT molecular complexity index is 1270. The van der Waals surface area contributed by atoms with Gasteiger partial charge in [0.15, 0.2) is 5.78 Å². The molecule has 0 aliphatic carbocycles. The number of sulfonamides is 1. The molecule has 0 saturated carbocycles. The van der Waals surface area contributed by atoms with Gasteiger partial charge in [-0.3, -0.25) is 9.59 Å². The van der Waals surface area contributed by atoms with E-state index in [9.17, 15) is 18.0 Å². The minimum absolute atomic E-state index is 0.180. The van der Waals surface area contributed by atoms with Crippen molar-refractivity contribution in [1.82, 2.24) is 8.71 Å². The smallest absolute Gasteiger partial charge is 0.305 e. The van der Waals surface area contributed by atoms with Crippen LogP contribution in [0.25, 0.3) is 5.52 Å². The molecule has 8 heteroatoms. The highest BCUT2D eigenvalue weighted by Gasteiger charge is 2.28. The van der Waals surface area contributed by atoms with Crippen LogP contribution in [0.15, 0.2) is 53.6 Å². The van der Waals surface area contributed by atoms with Crippen LogP contribution in [-0.4, -0.2) is 49.1 Å². The molecule has 0 radical (unpaired) electrons. The van der Waals surface area contributed by atoms with Crippen LogP contribution in [0.3, 0.4) is 0 Å². The van der Waals surface area contributed by atoms with Gasteiger partial charge < -0.3 is 9.14 Å². The van der Waals surface area contributed by atoms with Crippen molar-refractivity contribution in [3.63, 3.8) is 0 Å². The monoisotopic (exact) mass is 454 g/mol. The van der Waals surface area contributed by atoms with Crippen LogP contribution in [-0.2, 0) is 26.0 Å². The van der Waals surface area contributed by atoms with Gasteiger partial charge in [0, 0.05) is 30.5 Å². The number of fused-ring (bicyclic) bond motifs is 1. The predicted molar refractivity (Wildman–Crippen MR) is 120 cm³/mol. The second kappa shape index (κ2) is 8.88. The number of benzene rings is 1. The number of rotatable bonds is 7. The van der Waals surface area contributed by atoms with Gasteiger partial charge in [0.1, 0.15) is 0 Å². The Kier molecular flexibility index (Phi) is 6.17. The highest BCUT2D eigenvalue weighted by Crippen LogP contribution is 2.28. The van der Waals surface area contributed by atoms with E-state index in [1.807, 2.05) is 35.7 Å². The van der Waals surface area contributed by atoms with E-state index in [4.69, 9.17) is 4.74 Å². The van der Waals surface area contributed by atoms with Crippen molar-refractivity contribution in [3.05, 3.63) is 71.0 Å². The molecule has 1 aromatic carbocycles. The molecule has 0 amide bonds. The van der Waals surface area contributed by atoms with E-state index in [1.54, 1.807) is 12.1 Å². The Hall–Kier alpha value is -2.97. The van der Waals surface area contributed by atoms with Crippen molar-refractivity contribution in [2.45, 2.75) is 37.5 Å². The molecule has 0 atom stereocenters. The summed E-state index contributed by atoms with van der Waals surface area (Å²) >= 11 is 0. The lowest BCUT2D eigenvalue weighted by atomic mass is 9.99. The lowest BCUT2D eigenvalue weighted by molar-refractivity contribution is -0.140. The fourth-order valence-electron chi connectivity index (χ4n) is 4.32. The zero-order valence-corrected chi connectivity index (χ0v) is 19.0. The van der Waals surface area contributed by atoms with Crippen LogP contribution >= 0.6 is 0 Å². The second-order valence-corrected chi connectivity index (χ2v) is 9.88. The number of carbonyl (C=O) groups is 2. The topological polar surface area (TPSA) is 85.2 Å². The second-order valence-electron chi connectivity index (χ2n) is 7.94. The van der Waals surface area contributed by atoms with E-state index in [0.717, 1.165) is 29.6 Å². The van der Waals surface area contributed by atoms with E-state index in [0.29, 0.717) is 30.6 Å². The molecule has 1 saturated heterocycles. The lowest BCUT2D eigenvalue weighted by Crippen LogP contribution is -2.27. The molecule has 0 spiro atoms. The van der Waals surface area contributed by atoms with Gasteiger partial charge in [0.2, 0.25) is 10.0 Å². The summed E-state index contributed by atoms with van der Waals surface area (Å²) in [7, 11) is -2.17. The lowest BCUT2D eigenvalue weighted by Gasteiger charge is -2.15. The quantitative estimate of drug-likeness (QED) is 0.404. The largest absolute Gasteiger partial charge is 0.469 e. The van der Waals surface area contributed by atoms with Gasteiger partial charge in [-0.1, -0.05) is 6.07 Å². The average molecular weight is 455 g/mol. The molecule has 7 nitrogen and oxygen atoms in total. The number of carbonyl (C=O) groups excluding carboxylic acids is 2. The first-order valence-electron chi connectivity index (χ1n) is 10.6. The Labute approximate surface area is 187 Å². The number of aryl methyl sites for hydroxylation is 1. The van der Waals surface area contributed by atoms with E-state index in [2.05, 4.69) is 0 Å². The van der Waals surface area contributed by atoms with Crippen LogP contribution in [0.4, 0.5) is 0 Å². The zero-order chi connectivity index (χ0) is 22.9. The maximum atomic E-state index is 13.4. The third-order valence-electron chi connectivity index (χ3n) is 6.05. The number of methoxy groups -OCH3 is 1. The van der Waals surface area contributed by atoms with E-state index in [1.165, 1.54) is 23.5 Å². The Balaban J connectivity index is 1.68. The average Bonchev–Trinajstić information content (AvgIpc) is 3.44. The van der Waals surface area contributed by atoms with Crippen molar-refractivity contribution in [1.29, 1.82) is 0 Å². The van der Waals surface area contributed by atoms with Gasteiger partial charge in [-0.25, -0.2) is 8.42 Å². The Morgan fingerprint density at radius 2 is 1.72 bits per heavy atom. The van der Waals surface area contributed by atoms with Gasteiger partial charge in [-0.15, -0.1) is 0 Å². The van der Waals surface area contributed by atoms with Crippen LogP contribution in [0.5, 0.6) is 0 Å². The van der Waals surface area contributed by atoms with Crippen molar-refractivity contribution in [3.8, 4) is 0 Å². The van der Waals surface area contributed by atoms with Crippen molar-refractivity contribution < 1.29 is 22.7 Å². The van der Waals surface area contributed by atoms with E-state index < -0.39 is 10.0 Å².